The molecule has 2 aliphatic heterocycles. The van der Waals surface area contributed by atoms with Crippen molar-refractivity contribution in [3.8, 4) is 0 Å². The van der Waals surface area contributed by atoms with E-state index in [4.69, 9.17) is 9.47 Å². The van der Waals surface area contributed by atoms with Gasteiger partial charge in [0.25, 0.3) is 0 Å². The van der Waals surface area contributed by atoms with Crippen LogP contribution in [-0.2, 0) is 9.47 Å². The summed E-state index contributed by atoms with van der Waals surface area (Å²) >= 11 is 3.91. The summed E-state index contributed by atoms with van der Waals surface area (Å²) in [6.45, 7) is 5.21. The van der Waals surface area contributed by atoms with Crippen LogP contribution in [0.1, 0.15) is 19.3 Å². The van der Waals surface area contributed by atoms with Gasteiger partial charge in [0.1, 0.15) is 0 Å². The van der Waals surface area contributed by atoms with Crippen LogP contribution in [0.5, 0.6) is 0 Å². The highest BCUT2D eigenvalue weighted by atomic mass is 32.2. The van der Waals surface area contributed by atoms with Crippen molar-refractivity contribution in [2.45, 2.75) is 25.3 Å². The predicted octanol–water partition coefficient (Wildman–Crippen LogP) is 2.67. The first kappa shape index (κ1) is 20.2. The van der Waals surface area contributed by atoms with Crippen molar-refractivity contribution in [3.05, 3.63) is 23.9 Å². The Balaban J connectivity index is 1.27. The lowest BCUT2D eigenvalue weighted by molar-refractivity contribution is 0.0605. The molecule has 0 amide bonds. The third-order valence-corrected chi connectivity index (χ3v) is 6.05. The number of hydrogen-bond donors (Lipinski definition) is 2. The number of rotatable bonds is 13. The van der Waals surface area contributed by atoms with Crippen LogP contribution in [0.15, 0.2) is 23.9 Å². The highest BCUT2D eigenvalue weighted by Crippen LogP contribution is 2.12. The number of allylic oxidation sites excluding steroid dienone is 2. The normalized spacial score (nSPS) is 20.7. The summed E-state index contributed by atoms with van der Waals surface area (Å²) in [5, 5.41) is 6.94. The molecule has 1 unspecified atom stereocenters. The lowest BCUT2D eigenvalue weighted by Gasteiger charge is -2.22. The topological polar surface area (TPSA) is 42.5 Å². The van der Waals surface area contributed by atoms with Crippen molar-refractivity contribution in [1.29, 1.82) is 0 Å². The SMILES string of the molecule is C1=CCNC(CSCCOCCOCCSCC2CCCCN2)=C1. The maximum atomic E-state index is 5.63. The third kappa shape index (κ3) is 9.99. The Morgan fingerprint density at radius 1 is 1.04 bits per heavy atom. The number of piperidine rings is 1. The zero-order valence-electron chi connectivity index (χ0n) is 14.6. The van der Waals surface area contributed by atoms with Crippen molar-refractivity contribution < 1.29 is 9.47 Å². The highest BCUT2D eigenvalue weighted by Gasteiger charge is 2.11. The number of hydrogen-bond acceptors (Lipinski definition) is 6. The molecule has 4 nitrogen and oxygen atoms in total. The molecule has 0 aromatic rings. The quantitative estimate of drug-likeness (QED) is 0.485. The van der Waals surface area contributed by atoms with E-state index in [1.807, 2.05) is 23.5 Å². The van der Waals surface area contributed by atoms with E-state index in [-0.39, 0.29) is 0 Å². The number of thioether (sulfide) groups is 2. The Bertz CT molecular complexity index is 372. The first-order chi connectivity index (χ1) is 11.9. The minimum Gasteiger partial charge on any atom is -0.384 e. The first-order valence-electron chi connectivity index (χ1n) is 9.09. The van der Waals surface area contributed by atoms with Crippen LogP contribution in [0.3, 0.4) is 0 Å². The van der Waals surface area contributed by atoms with Crippen molar-refractivity contribution in [2.24, 2.45) is 0 Å². The molecule has 138 valence electrons. The molecular formula is C18H32N2O2S2. The summed E-state index contributed by atoms with van der Waals surface area (Å²) in [5.74, 6) is 4.38. The van der Waals surface area contributed by atoms with Gasteiger partial charge in [-0.3, -0.25) is 0 Å². The zero-order valence-corrected chi connectivity index (χ0v) is 16.3. The van der Waals surface area contributed by atoms with Gasteiger partial charge in [-0.25, -0.2) is 0 Å². The summed E-state index contributed by atoms with van der Waals surface area (Å²) in [5.41, 5.74) is 1.31. The van der Waals surface area contributed by atoms with Gasteiger partial charge in [-0.15, -0.1) is 0 Å². The lowest BCUT2D eigenvalue weighted by Crippen LogP contribution is -2.35. The summed E-state index contributed by atoms with van der Waals surface area (Å²) in [4.78, 5) is 0. The van der Waals surface area contributed by atoms with Gasteiger partial charge < -0.3 is 20.1 Å². The van der Waals surface area contributed by atoms with E-state index < -0.39 is 0 Å². The van der Waals surface area contributed by atoms with Crippen molar-refractivity contribution in [3.63, 3.8) is 0 Å². The van der Waals surface area contributed by atoms with Crippen LogP contribution in [0.2, 0.25) is 0 Å². The van der Waals surface area contributed by atoms with Crippen LogP contribution in [0.25, 0.3) is 0 Å². The Labute approximate surface area is 155 Å². The maximum Gasteiger partial charge on any atom is 0.0700 e. The molecule has 0 radical (unpaired) electrons. The molecule has 0 saturated carbocycles. The second kappa shape index (κ2) is 14.1. The van der Waals surface area contributed by atoms with Gasteiger partial charge in [0.15, 0.2) is 0 Å². The van der Waals surface area contributed by atoms with Crippen LogP contribution in [0.4, 0.5) is 0 Å². The van der Waals surface area contributed by atoms with Gasteiger partial charge >= 0.3 is 0 Å². The molecule has 0 aromatic carbocycles. The third-order valence-electron chi connectivity index (χ3n) is 3.99. The Morgan fingerprint density at radius 2 is 1.88 bits per heavy atom. The smallest absolute Gasteiger partial charge is 0.0700 e. The average Bonchev–Trinajstić information content (AvgIpc) is 2.64. The summed E-state index contributed by atoms with van der Waals surface area (Å²) in [6, 6.07) is 0.722. The molecular weight excluding hydrogens is 340 g/mol. The van der Waals surface area contributed by atoms with E-state index in [1.165, 1.54) is 37.3 Å². The van der Waals surface area contributed by atoms with E-state index in [0.29, 0.717) is 13.2 Å². The fourth-order valence-electron chi connectivity index (χ4n) is 2.63. The molecule has 1 saturated heterocycles. The number of nitrogens with one attached hydrogen (secondary N) is 2. The highest BCUT2D eigenvalue weighted by molar-refractivity contribution is 7.99. The molecule has 0 spiro atoms. The van der Waals surface area contributed by atoms with Gasteiger partial charge in [0.2, 0.25) is 0 Å². The van der Waals surface area contributed by atoms with Gasteiger partial charge in [0.05, 0.1) is 26.4 Å². The Kier molecular flexibility index (Phi) is 11.8. The molecule has 2 rings (SSSR count). The van der Waals surface area contributed by atoms with Crippen molar-refractivity contribution >= 4 is 23.5 Å². The molecule has 2 N–H and O–H groups in total. The molecule has 2 heterocycles. The largest absolute Gasteiger partial charge is 0.384 e. The number of dihydropyridines is 1. The van der Waals surface area contributed by atoms with Crippen LogP contribution >= 0.6 is 23.5 Å². The van der Waals surface area contributed by atoms with Gasteiger partial charge in [0, 0.05) is 41.3 Å². The molecule has 6 heteroatoms. The first-order valence-corrected chi connectivity index (χ1v) is 11.4. The van der Waals surface area contributed by atoms with Gasteiger partial charge in [-0.05, 0) is 25.5 Å². The summed E-state index contributed by atoms with van der Waals surface area (Å²) in [6.07, 6.45) is 10.5. The van der Waals surface area contributed by atoms with E-state index in [9.17, 15) is 0 Å². The van der Waals surface area contributed by atoms with E-state index in [1.54, 1.807) is 0 Å². The molecule has 1 fully saturated rings. The Morgan fingerprint density at radius 3 is 2.58 bits per heavy atom. The summed E-state index contributed by atoms with van der Waals surface area (Å²) in [7, 11) is 0. The van der Waals surface area contributed by atoms with Crippen LogP contribution < -0.4 is 10.6 Å². The number of ether oxygens (including phenoxy) is 2. The van der Waals surface area contributed by atoms with E-state index in [2.05, 4.69) is 28.9 Å². The van der Waals surface area contributed by atoms with Crippen molar-refractivity contribution in [2.75, 3.05) is 62.5 Å². The molecule has 0 aromatic heterocycles. The monoisotopic (exact) mass is 372 g/mol. The van der Waals surface area contributed by atoms with Crippen LogP contribution in [0, 0.1) is 0 Å². The fraction of sp³-hybridized carbons (Fsp3) is 0.778. The van der Waals surface area contributed by atoms with E-state index in [0.717, 1.165) is 43.1 Å². The molecule has 24 heavy (non-hydrogen) atoms. The minimum atomic E-state index is 0.707. The molecule has 0 bridgehead atoms. The van der Waals surface area contributed by atoms with Crippen molar-refractivity contribution in [1.82, 2.24) is 10.6 Å². The second-order valence-corrected chi connectivity index (χ2v) is 8.26. The van der Waals surface area contributed by atoms with E-state index >= 15 is 0 Å². The van der Waals surface area contributed by atoms with Gasteiger partial charge in [-0.2, -0.15) is 23.5 Å². The molecule has 1 atom stereocenters. The second-order valence-electron chi connectivity index (χ2n) is 6.00. The van der Waals surface area contributed by atoms with Gasteiger partial charge in [-0.1, -0.05) is 18.6 Å². The Hall–Kier alpha value is -0.140. The summed E-state index contributed by atoms with van der Waals surface area (Å²) < 4.78 is 11.2. The minimum absolute atomic E-state index is 0.707. The zero-order chi connectivity index (χ0) is 16.7. The maximum absolute atomic E-state index is 5.63. The molecule has 2 aliphatic rings. The standard InChI is InChI=1S/C18H32N2O2S2/c1-3-7-19-17(5-1)15-23-13-11-21-9-10-22-12-14-24-16-18-6-2-4-8-20-18/h1,3,5,18-20H,2,4,6-16H2. The molecule has 0 aliphatic carbocycles. The predicted molar refractivity (Wildman–Crippen MR) is 107 cm³/mol. The fourth-order valence-corrected chi connectivity index (χ4v) is 4.40. The lowest BCUT2D eigenvalue weighted by atomic mass is 10.1. The van der Waals surface area contributed by atoms with Crippen LogP contribution in [-0.4, -0.2) is 68.6 Å². The average molecular weight is 373 g/mol.